The highest BCUT2D eigenvalue weighted by Gasteiger charge is 2.09. The Hall–Kier alpha value is -1.75. The fourth-order valence-electron chi connectivity index (χ4n) is 1.32. The zero-order valence-electron chi connectivity index (χ0n) is 10.4. The van der Waals surface area contributed by atoms with Crippen molar-refractivity contribution in [3.8, 4) is 5.82 Å². The second-order valence-corrected chi connectivity index (χ2v) is 4.94. The van der Waals surface area contributed by atoms with Gasteiger partial charge in [0.2, 0.25) is 0 Å². The molecule has 0 aromatic carbocycles. The number of nitrogens with zero attached hydrogens (tertiary/aromatic N) is 4. The SMILES string of the molecule is CC(C)(C)NCc1cnc(-n2ccnc2)cn1. The summed E-state index contributed by atoms with van der Waals surface area (Å²) in [5, 5.41) is 3.37. The Balaban J connectivity index is 2.04. The molecule has 0 atom stereocenters. The van der Waals surface area contributed by atoms with Gasteiger partial charge in [-0.05, 0) is 20.8 Å². The summed E-state index contributed by atoms with van der Waals surface area (Å²) in [6, 6.07) is 0. The Morgan fingerprint density at radius 3 is 2.59 bits per heavy atom. The van der Waals surface area contributed by atoms with Gasteiger partial charge in [0.05, 0.1) is 18.1 Å². The fraction of sp³-hybridized carbons (Fsp3) is 0.417. The second-order valence-electron chi connectivity index (χ2n) is 4.94. The summed E-state index contributed by atoms with van der Waals surface area (Å²) in [5.41, 5.74) is 1.02. The van der Waals surface area contributed by atoms with Crippen molar-refractivity contribution in [2.45, 2.75) is 32.9 Å². The molecule has 0 bridgehead atoms. The van der Waals surface area contributed by atoms with E-state index in [1.165, 1.54) is 0 Å². The fourth-order valence-corrected chi connectivity index (χ4v) is 1.32. The van der Waals surface area contributed by atoms with Gasteiger partial charge < -0.3 is 5.32 Å². The summed E-state index contributed by atoms with van der Waals surface area (Å²) < 4.78 is 1.83. The topological polar surface area (TPSA) is 55.6 Å². The van der Waals surface area contributed by atoms with Crippen LogP contribution in [0.3, 0.4) is 0 Å². The van der Waals surface area contributed by atoms with E-state index in [1.807, 2.05) is 10.8 Å². The molecule has 2 aromatic rings. The average molecular weight is 231 g/mol. The number of hydrogen-bond acceptors (Lipinski definition) is 4. The summed E-state index contributed by atoms with van der Waals surface area (Å²) in [5.74, 6) is 0.780. The first-order chi connectivity index (χ1) is 8.04. The van der Waals surface area contributed by atoms with Crippen LogP contribution in [0.25, 0.3) is 5.82 Å². The van der Waals surface area contributed by atoms with Crippen LogP contribution in [0.5, 0.6) is 0 Å². The van der Waals surface area contributed by atoms with E-state index in [9.17, 15) is 0 Å². The van der Waals surface area contributed by atoms with Crippen molar-refractivity contribution >= 4 is 0 Å². The summed E-state index contributed by atoms with van der Waals surface area (Å²) in [6.07, 6.45) is 8.81. The van der Waals surface area contributed by atoms with E-state index in [4.69, 9.17) is 0 Å². The number of nitrogens with one attached hydrogen (secondary N) is 1. The second kappa shape index (κ2) is 4.63. The highest BCUT2D eigenvalue weighted by Crippen LogP contribution is 2.04. The van der Waals surface area contributed by atoms with Crippen LogP contribution in [-0.4, -0.2) is 25.1 Å². The number of aromatic nitrogens is 4. The smallest absolute Gasteiger partial charge is 0.156 e. The van der Waals surface area contributed by atoms with Crippen LogP contribution in [0.1, 0.15) is 26.5 Å². The van der Waals surface area contributed by atoms with Crippen LogP contribution in [-0.2, 0) is 6.54 Å². The maximum absolute atomic E-state index is 4.36. The van der Waals surface area contributed by atoms with Gasteiger partial charge in [-0.15, -0.1) is 0 Å². The average Bonchev–Trinajstić information content (AvgIpc) is 2.79. The molecule has 0 amide bonds. The molecule has 2 heterocycles. The van der Waals surface area contributed by atoms with Crippen molar-refractivity contribution in [2.75, 3.05) is 0 Å². The third kappa shape index (κ3) is 3.35. The zero-order valence-corrected chi connectivity index (χ0v) is 10.4. The van der Waals surface area contributed by atoms with Gasteiger partial charge in [0.1, 0.15) is 6.33 Å². The number of hydrogen-bond donors (Lipinski definition) is 1. The summed E-state index contributed by atoms with van der Waals surface area (Å²) in [7, 11) is 0. The van der Waals surface area contributed by atoms with Crippen molar-refractivity contribution in [2.24, 2.45) is 0 Å². The standard InChI is InChI=1S/C12H17N5/c1-12(2,3)16-7-10-6-15-11(8-14-10)17-5-4-13-9-17/h4-6,8-9,16H,7H2,1-3H3. The predicted molar refractivity (Wildman–Crippen MR) is 65.7 cm³/mol. The van der Waals surface area contributed by atoms with Gasteiger partial charge in [0, 0.05) is 24.5 Å². The van der Waals surface area contributed by atoms with Crippen molar-refractivity contribution in [1.82, 2.24) is 24.8 Å². The van der Waals surface area contributed by atoms with E-state index in [0.29, 0.717) is 0 Å². The maximum atomic E-state index is 4.36. The van der Waals surface area contributed by atoms with Crippen LogP contribution in [0.2, 0.25) is 0 Å². The predicted octanol–water partition coefficient (Wildman–Crippen LogP) is 1.55. The van der Waals surface area contributed by atoms with Gasteiger partial charge in [-0.3, -0.25) is 9.55 Å². The molecule has 0 aliphatic carbocycles. The van der Waals surface area contributed by atoms with Crippen molar-refractivity contribution in [1.29, 1.82) is 0 Å². The molecule has 0 saturated heterocycles. The van der Waals surface area contributed by atoms with Crippen LogP contribution >= 0.6 is 0 Å². The summed E-state index contributed by atoms with van der Waals surface area (Å²) >= 11 is 0. The molecular weight excluding hydrogens is 214 g/mol. The lowest BCUT2D eigenvalue weighted by Crippen LogP contribution is -2.35. The van der Waals surface area contributed by atoms with E-state index >= 15 is 0 Å². The van der Waals surface area contributed by atoms with Gasteiger partial charge in [0.25, 0.3) is 0 Å². The molecule has 0 spiro atoms. The third-order valence-corrected chi connectivity index (χ3v) is 2.26. The highest BCUT2D eigenvalue weighted by atomic mass is 15.1. The first-order valence-electron chi connectivity index (χ1n) is 5.59. The monoisotopic (exact) mass is 231 g/mol. The van der Waals surface area contributed by atoms with Crippen molar-refractivity contribution < 1.29 is 0 Å². The number of rotatable bonds is 3. The molecular formula is C12H17N5. The van der Waals surface area contributed by atoms with E-state index in [2.05, 4.69) is 41.0 Å². The molecule has 0 saturated carbocycles. The zero-order chi connectivity index (χ0) is 12.3. The van der Waals surface area contributed by atoms with Gasteiger partial charge in [-0.25, -0.2) is 9.97 Å². The van der Waals surface area contributed by atoms with E-state index in [0.717, 1.165) is 18.1 Å². The van der Waals surface area contributed by atoms with E-state index in [-0.39, 0.29) is 5.54 Å². The molecule has 17 heavy (non-hydrogen) atoms. The maximum Gasteiger partial charge on any atom is 0.156 e. The first-order valence-corrected chi connectivity index (χ1v) is 5.59. The molecule has 5 nitrogen and oxygen atoms in total. The summed E-state index contributed by atoms with van der Waals surface area (Å²) in [6.45, 7) is 7.10. The molecule has 90 valence electrons. The Morgan fingerprint density at radius 2 is 2.06 bits per heavy atom. The van der Waals surface area contributed by atoms with Gasteiger partial charge in [-0.2, -0.15) is 0 Å². The minimum atomic E-state index is 0.0880. The first kappa shape index (κ1) is 11.7. The molecule has 0 radical (unpaired) electrons. The lowest BCUT2D eigenvalue weighted by atomic mass is 10.1. The van der Waals surface area contributed by atoms with Crippen LogP contribution in [0, 0.1) is 0 Å². The Bertz CT molecular complexity index is 453. The van der Waals surface area contributed by atoms with E-state index < -0.39 is 0 Å². The van der Waals surface area contributed by atoms with Crippen molar-refractivity contribution in [3.63, 3.8) is 0 Å². The minimum absolute atomic E-state index is 0.0880. The van der Waals surface area contributed by atoms with Crippen LogP contribution in [0.4, 0.5) is 0 Å². The number of imidazole rings is 1. The summed E-state index contributed by atoms with van der Waals surface area (Å²) in [4.78, 5) is 12.7. The molecule has 0 unspecified atom stereocenters. The Kier molecular flexibility index (Phi) is 3.19. The quantitative estimate of drug-likeness (QED) is 0.870. The van der Waals surface area contributed by atoms with Gasteiger partial charge in [0.15, 0.2) is 5.82 Å². The van der Waals surface area contributed by atoms with Crippen molar-refractivity contribution in [3.05, 3.63) is 36.8 Å². The molecule has 0 aliphatic heterocycles. The Morgan fingerprint density at radius 1 is 1.24 bits per heavy atom. The molecule has 2 aromatic heterocycles. The van der Waals surface area contributed by atoms with Gasteiger partial charge in [-0.1, -0.05) is 0 Å². The third-order valence-electron chi connectivity index (χ3n) is 2.26. The lowest BCUT2D eigenvalue weighted by Gasteiger charge is -2.19. The molecule has 0 aliphatic rings. The molecule has 1 N–H and O–H groups in total. The lowest BCUT2D eigenvalue weighted by molar-refractivity contribution is 0.421. The normalized spacial score (nSPS) is 11.7. The van der Waals surface area contributed by atoms with Gasteiger partial charge >= 0.3 is 0 Å². The molecule has 5 heteroatoms. The minimum Gasteiger partial charge on any atom is -0.306 e. The van der Waals surface area contributed by atoms with E-state index in [1.54, 1.807) is 24.9 Å². The molecule has 2 rings (SSSR count). The molecule has 0 fully saturated rings. The highest BCUT2D eigenvalue weighted by molar-refractivity contribution is 5.18. The largest absolute Gasteiger partial charge is 0.306 e. The van der Waals surface area contributed by atoms with Crippen LogP contribution in [0.15, 0.2) is 31.1 Å². The Labute approximate surface area is 101 Å². The van der Waals surface area contributed by atoms with Crippen LogP contribution < -0.4 is 5.32 Å².